The van der Waals surface area contributed by atoms with Crippen molar-refractivity contribution >= 4 is 15.6 Å². The summed E-state index contributed by atoms with van der Waals surface area (Å²) < 4.78 is 37.0. The number of Topliss-reactive ketones (excluding diaryl/α,β-unsaturated/α-hetero) is 1. The molecule has 0 aromatic heterocycles. The maximum atomic E-state index is 12.9. The molecular formula is C19H28O6S. The molecule has 146 valence electrons. The third kappa shape index (κ3) is 6.16. The number of carbonyl (C=O) groups excluding carboxylic acids is 1. The lowest BCUT2D eigenvalue weighted by molar-refractivity contribution is -0.163. The molecule has 1 N–H and O–H groups in total. The van der Waals surface area contributed by atoms with Gasteiger partial charge in [-0.25, -0.2) is 8.42 Å². The molecule has 2 rings (SSSR count). The summed E-state index contributed by atoms with van der Waals surface area (Å²) in [7, 11) is -3.77. The van der Waals surface area contributed by atoms with E-state index in [1.54, 1.807) is 18.2 Å². The Morgan fingerprint density at radius 3 is 2.65 bits per heavy atom. The molecule has 1 aliphatic rings. The summed E-state index contributed by atoms with van der Waals surface area (Å²) in [5, 5.41) is 7.75. The van der Waals surface area contributed by atoms with Crippen LogP contribution in [0.4, 0.5) is 0 Å². The van der Waals surface area contributed by atoms with Gasteiger partial charge in [-0.1, -0.05) is 18.2 Å². The van der Waals surface area contributed by atoms with Crippen molar-refractivity contribution in [3.63, 3.8) is 0 Å². The second-order valence-corrected chi connectivity index (χ2v) is 8.58. The maximum Gasteiger partial charge on any atom is 0.188 e. The van der Waals surface area contributed by atoms with Gasteiger partial charge in [0, 0.05) is 19.6 Å². The molecule has 1 heterocycles. The molecule has 1 fully saturated rings. The van der Waals surface area contributed by atoms with Gasteiger partial charge >= 0.3 is 0 Å². The number of carbonyl (C=O) groups is 1. The average molecular weight is 384 g/mol. The van der Waals surface area contributed by atoms with Crippen LogP contribution in [0.1, 0.15) is 44.9 Å². The Morgan fingerprint density at radius 1 is 1.23 bits per heavy atom. The van der Waals surface area contributed by atoms with Crippen molar-refractivity contribution in [1.82, 2.24) is 0 Å². The number of rotatable bonds is 11. The predicted octanol–water partition coefficient (Wildman–Crippen LogP) is 2.49. The molecule has 7 heteroatoms. The van der Waals surface area contributed by atoms with Gasteiger partial charge in [0.1, 0.15) is 5.25 Å². The van der Waals surface area contributed by atoms with E-state index in [2.05, 4.69) is 0 Å². The van der Waals surface area contributed by atoms with E-state index in [0.717, 1.165) is 19.3 Å². The normalized spacial score (nSPS) is 19.2. The molecule has 1 aliphatic heterocycles. The van der Waals surface area contributed by atoms with E-state index < -0.39 is 15.1 Å². The molecule has 0 bridgehead atoms. The quantitative estimate of drug-likeness (QED) is 0.590. The highest BCUT2D eigenvalue weighted by atomic mass is 32.2. The van der Waals surface area contributed by atoms with Gasteiger partial charge in [0.15, 0.2) is 21.9 Å². The van der Waals surface area contributed by atoms with Gasteiger partial charge in [0.05, 0.1) is 11.5 Å². The van der Waals surface area contributed by atoms with Crippen molar-refractivity contribution in [2.75, 3.05) is 19.8 Å². The fraction of sp³-hybridized carbons (Fsp3) is 0.632. The summed E-state index contributed by atoms with van der Waals surface area (Å²) in [6, 6.07) is 8.04. The van der Waals surface area contributed by atoms with Crippen LogP contribution in [0.3, 0.4) is 0 Å². The first-order valence-electron chi connectivity index (χ1n) is 9.21. The second-order valence-electron chi connectivity index (χ2n) is 6.45. The number of aliphatic hydroxyl groups excluding tert-OH is 1. The zero-order chi connectivity index (χ0) is 18.8. The average Bonchev–Trinajstić information content (AvgIpc) is 2.66. The van der Waals surface area contributed by atoms with Crippen LogP contribution in [-0.4, -0.2) is 50.7 Å². The van der Waals surface area contributed by atoms with Gasteiger partial charge in [0.2, 0.25) is 0 Å². The predicted molar refractivity (Wildman–Crippen MR) is 97.5 cm³/mol. The SMILES string of the molecule is O=C(CCCCO)C(CCOC1CCCCO1)S(=O)(=O)c1ccccc1. The Kier molecular flexibility index (Phi) is 8.71. The molecule has 0 radical (unpaired) electrons. The number of ketones is 1. The van der Waals surface area contributed by atoms with Gasteiger partial charge < -0.3 is 14.6 Å². The smallest absolute Gasteiger partial charge is 0.188 e. The fourth-order valence-corrected chi connectivity index (χ4v) is 4.72. The molecule has 6 nitrogen and oxygen atoms in total. The van der Waals surface area contributed by atoms with Crippen molar-refractivity contribution in [3.8, 4) is 0 Å². The van der Waals surface area contributed by atoms with Crippen molar-refractivity contribution in [2.45, 2.75) is 61.4 Å². The van der Waals surface area contributed by atoms with Gasteiger partial charge in [-0.15, -0.1) is 0 Å². The van der Waals surface area contributed by atoms with Crippen LogP contribution in [0, 0.1) is 0 Å². The van der Waals surface area contributed by atoms with Gasteiger partial charge in [-0.3, -0.25) is 4.79 Å². The summed E-state index contributed by atoms with van der Waals surface area (Å²) in [6.45, 7) is 0.801. The third-order valence-electron chi connectivity index (χ3n) is 4.46. The lowest BCUT2D eigenvalue weighted by atomic mass is 10.1. The highest BCUT2D eigenvalue weighted by molar-refractivity contribution is 7.92. The van der Waals surface area contributed by atoms with Crippen LogP contribution < -0.4 is 0 Å². The molecule has 0 aliphatic carbocycles. The molecule has 2 atom stereocenters. The molecule has 1 aromatic rings. The van der Waals surface area contributed by atoms with Gasteiger partial charge in [-0.2, -0.15) is 0 Å². The van der Waals surface area contributed by atoms with Crippen LogP contribution in [0.25, 0.3) is 0 Å². The zero-order valence-electron chi connectivity index (χ0n) is 15.0. The standard InChI is InChI=1S/C19H28O6S/c20-13-6-4-10-17(21)18(12-15-25-19-11-5-7-14-24-19)26(22,23)16-8-2-1-3-9-16/h1-3,8-9,18-20H,4-7,10-15H2. The number of hydrogen-bond donors (Lipinski definition) is 1. The summed E-state index contributed by atoms with van der Waals surface area (Å²) in [6.07, 6.45) is 3.71. The van der Waals surface area contributed by atoms with Crippen LogP contribution >= 0.6 is 0 Å². The fourth-order valence-electron chi connectivity index (χ4n) is 2.98. The summed E-state index contributed by atoms with van der Waals surface area (Å²) in [5.74, 6) is -0.324. The topological polar surface area (TPSA) is 89.9 Å². The van der Waals surface area contributed by atoms with Crippen LogP contribution in [0.15, 0.2) is 35.2 Å². The van der Waals surface area contributed by atoms with E-state index in [1.165, 1.54) is 12.1 Å². The third-order valence-corrected chi connectivity index (χ3v) is 6.64. The Labute approximate surface area is 155 Å². The first kappa shape index (κ1) is 21.0. The molecule has 0 saturated carbocycles. The minimum Gasteiger partial charge on any atom is -0.396 e. The molecule has 1 aromatic carbocycles. The van der Waals surface area contributed by atoms with E-state index in [1.807, 2.05) is 0 Å². The minimum atomic E-state index is -3.77. The van der Waals surface area contributed by atoms with E-state index in [-0.39, 0.29) is 43.0 Å². The first-order chi connectivity index (χ1) is 12.6. The first-order valence-corrected chi connectivity index (χ1v) is 10.8. The molecule has 0 spiro atoms. The lowest BCUT2D eigenvalue weighted by Gasteiger charge is -2.24. The monoisotopic (exact) mass is 384 g/mol. The van der Waals surface area contributed by atoms with Crippen LogP contribution in [0.5, 0.6) is 0 Å². The molecule has 1 saturated heterocycles. The molecule has 2 unspecified atom stereocenters. The lowest BCUT2D eigenvalue weighted by Crippen LogP contribution is -2.33. The zero-order valence-corrected chi connectivity index (χ0v) is 15.8. The van der Waals surface area contributed by atoms with E-state index in [4.69, 9.17) is 14.6 Å². The van der Waals surface area contributed by atoms with Crippen molar-refractivity contribution in [3.05, 3.63) is 30.3 Å². The largest absolute Gasteiger partial charge is 0.396 e. The number of ether oxygens (including phenoxy) is 2. The number of benzene rings is 1. The summed E-state index contributed by atoms with van der Waals surface area (Å²) >= 11 is 0. The van der Waals surface area contributed by atoms with Crippen LogP contribution in [-0.2, 0) is 24.1 Å². The highest BCUT2D eigenvalue weighted by Gasteiger charge is 2.33. The summed E-state index contributed by atoms with van der Waals surface area (Å²) in [4.78, 5) is 12.7. The number of aliphatic hydroxyl groups is 1. The van der Waals surface area contributed by atoms with Crippen molar-refractivity contribution in [2.24, 2.45) is 0 Å². The van der Waals surface area contributed by atoms with E-state index in [9.17, 15) is 13.2 Å². The van der Waals surface area contributed by atoms with Crippen LogP contribution in [0.2, 0.25) is 0 Å². The summed E-state index contributed by atoms with van der Waals surface area (Å²) in [5.41, 5.74) is 0. The second kappa shape index (κ2) is 10.8. The minimum absolute atomic E-state index is 0.00842. The van der Waals surface area contributed by atoms with E-state index >= 15 is 0 Å². The molecular weight excluding hydrogens is 356 g/mol. The van der Waals surface area contributed by atoms with E-state index in [0.29, 0.717) is 19.4 Å². The van der Waals surface area contributed by atoms with Crippen molar-refractivity contribution in [1.29, 1.82) is 0 Å². The Bertz CT molecular complexity index is 637. The van der Waals surface area contributed by atoms with Crippen molar-refractivity contribution < 1.29 is 27.8 Å². The Morgan fingerprint density at radius 2 is 2.00 bits per heavy atom. The van der Waals surface area contributed by atoms with Gasteiger partial charge in [-0.05, 0) is 50.7 Å². The molecule has 26 heavy (non-hydrogen) atoms. The number of unbranched alkanes of at least 4 members (excludes halogenated alkanes) is 1. The van der Waals surface area contributed by atoms with Gasteiger partial charge in [0.25, 0.3) is 0 Å². The number of sulfone groups is 1. The highest BCUT2D eigenvalue weighted by Crippen LogP contribution is 2.22. The Balaban J connectivity index is 2.04. The molecule has 0 amide bonds. The maximum absolute atomic E-state index is 12.9. The number of hydrogen-bond acceptors (Lipinski definition) is 6. The Hall–Kier alpha value is -1.28.